The highest BCUT2D eigenvalue weighted by Crippen LogP contribution is 2.53. The van der Waals surface area contributed by atoms with E-state index in [0.29, 0.717) is 24.3 Å². The number of hydrogen-bond donors (Lipinski definition) is 1. The third-order valence-corrected chi connectivity index (χ3v) is 9.42. The Morgan fingerprint density at radius 3 is 2.53 bits per heavy atom. The average molecular weight is 522 g/mol. The SMILES string of the molecule is CC(=O)C1C(=O)C[C@@H]2C[C@@H]3CC4=C(C(=O)CCC4c4ccc(CN5CCCC5)o4)C(=O)C3C(=O)[C@]2(O)C1=O. The molecule has 1 aliphatic heterocycles. The number of likely N-dealkylation sites (tertiary alicyclic amines) is 1. The number of carbonyl (C=O) groups is 6. The van der Waals surface area contributed by atoms with E-state index < -0.39 is 58.2 Å². The molecule has 2 heterocycles. The minimum Gasteiger partial charge on any atom is -0.464 e. The summed E-state index contributed by atoms with van der Waals surface area (Å²) in [6.07, 6.45) is 3.08. The van der Waals surface area contributed by atoms with Gasteiger partial charge in [0.25, 0.3) is 0 Å². The van der Waals surface area contributed by atoms with Crippen molar-refractivity contribution < 1.29 is 38.3 Å². The zero-order chi connectivity index (χ0) is 26.9. The number of fused-ring (bicyclic) bond motifs is 2. The summed E-state index contributed by atoms with van der Waals surface area (Å²) in [6.45, 7) is 3.84. The predicted octanol–water partition coefficient (Wildman–Crippen LogP) is 1.89. The summed E-state index contributed by atoms with van der Waals surface area (Å²) in [4.78, 5) is 80.4. The van der Waals surface area contributed by atoms with Crippen molar-refractivity contribution in [3.63, 3.8) is 0 Å². The number of ketones is 6. The van der Waals surface area contributed by atoms with Gasteiger partial charge in [0.1, 0.15) is 23.2 Å². The molecule has 1 aromatic rings. The summed E-state index contributed by atoms with van der Waals surface area (Å²) < 4.78 is 6.20. The first-order valence-electron chi connectivity index (χ1n) is 13.6. The number of furan rings is 1. The Hall–Kier alpha value is -3.04. The largest absolute Gasteiger partial charge is 0.464 e. The van der Waals surface area contributed by atoms with E-state index in [4.69, 9.17) is 4.42 Å². The van der Waals surface area contributed by atoms with Crippen molar-refractivity contribution in [1.82, 2.24) is 4.90 Å². The molecule has 3 unspecified atom stereocenters. The van der Waals surface area contributed by atoms with Crippen LogP contribution in [0, 0.1) is 23.7 Å². The summed E-state index contributed by atoms with van der Waals surface area (Å²) in [7, 11) is 0. The van der Waals surface area contributed by atoms with Gasteiger partial charge in [-0.15, -0.1) is 0 Å². The van der Waals surface area contributed by atoms with Crippen molar-refractivity contribution >= 4 is 34.7 Å². The van der Waals surface area contributed by atoms with E-state index in [0.717, 1.165) is 25.8 Å². The van der Waals surface area contributed by atoms with E-state index >= 15 is 0 Å². The van der Waals surface area contributed by atoms with Gasteiger partial charge in [-0.25, -0.2) is 0 Å². The van der Waals surface area contributed by atoms with E-state index in [1.54, 1.807) is 0 Å². The van der Waals surface area contributed by atoms with Crippen LogP contribution in [0.4, 0.5) is 0 Å². The molecule has 1 N–H and O–H groups in total. The van der Waals surface area contributed by atoms with Gasteiger partial charge in [-0.2, -0.15) is 0 Å². The fourth-order valence-electron chi connectivity index (χ4n) is 7.60. The lowest BCUT2D eigenvalue weighted by molar-refractivity contribution is -0.177. The maximum atomic E-state index is 13.7. The first-order chi connectivity index (χ1) is 18.1. The lowest BCUT2D eigenvalue weighted by atomic mass is 9.52. The molecule has 0 aromatic carbocycles. The number of nitrogens with zero attached hydrogens (tertiary/aromatic N) is 1. The fourth-order valence-corrected chi connectivity index (χ4v) is 7.60. The van der Waals surface area contributed by atoms with Gasteiger partial charge >= 0.3 is 0 Å². The van der Waals surface area contributed by atoms with Crippen LogP contribution in [0.15, 0.2) is 27.7 Å². The molecule has 5 aliphatic rings. The molecule has 4 aliphatic carbocycles. The number of aliphatic hydroxyl groups is 1. The Morgan fingerprint density at radius 1 is 1.08 bits per heavy atom. The average Bonchev–Trinajstić information content (AvgIpc) is 3.54. The normalized spacial score (nSPS) is 35.8. The summed E-state index contributed by atoms with van der Waals surface area (Å²) in [5, 5.41) is 11.4. The second-order valence-corrected chi connectivity index (χ2v) is 11.6. The molecule has 2 saturated carbocycles. The van der Waals surface area contributed by atoms with Crippen LogP contribution in [0.3, 0.4) is 0 Å². The van der Waals surface area contributed by atoms with Gasteiger partial charge in [0.2, 0.25) is 0 Å². The number of hydrogen-bond acceptors (Lipinski definition) is 9. The van der Waals surface area contributed by atoms with E-state index in [1.807, 2.05) is 12.1 Å². The van der Waals surface area contributed by atoms with Crippen molar-refractivity contribution in [3.05, 3.63) is 34.8 Å². The molecule has 1 saturated heterocycles. The van der Waals surface area contributed by atoms with Crippen LogP contribution in [0.5, 0.6) is 0 Å². The zero-order valence-corrected chi connectivity index (χ0v) is 21.4. The Labute approximate surface area is 219 Å². The van der Waals surface area contributed by atoms with Crippen LogP contribution >= 0.6 is 0 Å². The third-order valence-electron chi connectivity index (χ3n) is 9.42. The quantitative estimate of drug-likeness (QED) is 0.465. The monoisotopic (exact) mass is 521 g/mol. The van der Waals surface area contributed by atoms with E-state index in [2.05, 4.69) is 4.90 Å². The van der Waals surface area contributed by atoms with Gasteiger partial charge in [0.05, 0.1) is 18.0 Å². The topological polar surface area (TPSA) is 139 Å². The minimum atomic E-state index is -2.57. The van der Waals surface area contributed by atoms with Gasteiger partial charge in [-0.05, 0) is 75.7 Å². The van der Waals surface area contributed by atoms with Crippen LogP contribution < -0.4 is 0 Å². The van der Waals surface area contributed by atoms with Crippen LogP contribution in [-0.2, 0) is 35.3 Å². The Morgan fingerprint density at radius 2 is 1.82 bits per heavy atom. The Bertz CT molecular complexity index is 1310. The van der Waals surface area contributed by atoms with Crippen molar-refractivity contribution in [2.45, 2.75) is 69.9 Å². The highest BCUT2D eigenvalue weighted by atomic mass is 16.3. The molecular formula is C29H31NO8. The second kappa shape index (κ2) is 9.02. The third kappa shape index (κ3) is 3.66. The summed E-state index contributed by atoms with van der Waals surface area (Å²) in [5.41, 5.74) is -1.91. The first-order valence-corrected chi connectivity index (χ1v) is 13.6. The summed E-state index contributed by atoms with van der Waals surface area (Å²) in [6, 6.07) is 3.84. The van der Waals surface area contributed by atoms with Crippen LogP contribution in [0.25, 0.3) is 0 Å². The lowest BCUT2D eigenvalue weighted by Crippen LogP contribution is -2.67. The molecule has 0 spiro atoms. The van der Waals surface area contributed by atoms with Gasteiger partial charge in [0.15, 0.2) is 34.5 Å². The molecule has 38 heavy (non-hydrogen) atoms. The highest BCUT2D eigenvalue weighted by molar-refractivity contribution is 6.34. The molecule has 0 bridgehead atoms. The Kier molecular flexibility index (Phi) is 5.99. The van der Waals surface area contributed by atoms with E-state index in [9.17, 15) is 33.9 Å². The van der Waals surface area contributed by atoms with Crippen molar-refractivity contribution in [3.8, 4) is 0 Å². The Balaban J connectivity index is 1.33. The van der Waals surface area contributed by atoms with Crippen molar-refractivity contribution in [2.24, 2.45) is 23.7 Å². The molecule has 0 radical (unpaired) electrons. The van der Waals surface area contributed by atoms with E-state index in [-0.39, 0.29) is 43.0 Å². The molecule has 0 amide bonds. The highest BCUT2D eigenvalue weighted by Gasteiger charge is 2.66. The number of rotatable bonds is 4. The van der Waals surface area contributed by atoms with Gasteiger partial charge in [0, 0.05) is 24.7 Å². The number of allylic oxidation sites excluding steroid dienone is 2. The molecule has 9 heteroatoms. The standard InChI is InChI=1S/C29H31NO8/c1-14(31)23-21(33)12-16-10-15-11-19-18(22-7-4-17(38-22)13-30-8-2-3-9-30)5-6-20(32)25(19)26(34)24(15)28(36)29(16,37)27(23)35/h4,7,15-16,18,23-24,37H,2-3,5-6,8-13H2,1H3/t15-,16+,18?,23?,24?,29-/m1/s1. The van der Waals surface area contributed by atoms with Gasteiger partial charge in [-0.3, -0.25) is 33.7 Å². The van der Waals surface area contributed by atoms with Gasteiger partial charge in [-0.1, -0.05) is 0 Å². The van der Waals surface area contributed by atoms with Crippen LogP contribution in [0.1, 0.15) is 69.3 Å². The van der Waals surface area contributed by atoms with Crippen LogP contribution in [-0.4, -0.2) is 63.4 Å². The molecule has 9 nitrogen and oxygen atoms in total. The van der Waals surface area contributed by atoms with Gasteiger partial charge < -0.3 is 9.52 Å². The second-order valence-electron chi connectivity index (χ2n) is 11.6. The molecule has 1 aromatic heterocycles. The molecule has 200 valence electrons. The zero-order valence-electron chi connectivity index (χ0n) is 21.4. The lowest BCUT2D eigenvalue weighted by Gasteiger charge is -2.49. The smallest absolute Gasteiger partial charge is 0.190 e. The predicted molar refractivity (Wildman–Crippen MR) is 131 cm³/mol. The number of Topliss-reactive ketones (excluding diaryl/α,β-unsaturated/α-hetero) is 6. The van der Waals surface area contributed by atoms with Crippen LogP contribution in [0.2, 0.25) is 0 Å². The van der Waals surface area contributed by atoms with Crippen molar-refractivity contribution in [1.29, 1.82) is 0 Å². The summed E-state index contributed by atoms with van der Waals surface area (Å²) in [5.74, 6) is -7.74. The molecular weight excluding hydrogens is 490 g/mol. The van der Waals surface area contributed by atoms with E-state index in [1.165, 1.54) is 12.8 Å². The first kappa shape index (κ1) is 25.2. The summed E-state index contributed by atoms with van der Waals surface area (Å²) >= 11 is 0. The maximum Gasteiger partial charge on any atom is 0.190 e. The number of carbonyl (C=O) groups excluding carboxylic acids is 6. The van der Waals surface area contributed by atoms with Crippen molar-refractivity contribution in [2.75, 3.05) is 13.1 Å². The molecule has 6 atom stereocenters. The molecule has 3 fully saturated rings. The molecule has 6 rings (SSSR count). The minimum absolute atomic E-state index is 0.00199. The fraction of sp³-hybridized carbons (Fsp3) is 0.586. The maximum absolute atomic E-state index is 13.7.